The van der Waals surface area contributed by atoms with Crippen LogP contribution in [0.2, 0.25) is 0 Å². The summed E-state index contributed by atoms with van der Waals surface area (Å²) in [4.78, 5) is 12.2. The largest absolute Gasteiger partial charge is 0.294 e. The average Bonchev–Trinajstić information content (AvgIpc) is 2.30. The van der Waals surface area contributed by atoms with E-state index in [1.165, 1.54) is 19.3 Å². The Hall–Kier alpha value is -1.11. The third-order valence-corrected chi connectivity index (χ3v) is 3.51. The summed E-state index contributed by atoms with van der Waals surface area (Å²) >= 11 is 0. The van der Waals surface area contributed by atoms with E-state index in [9.17, 15) is 4.79 Å². The Kier molecular flexibility index (Phi) is 3.20. The molecule has 2 atom stereocenters. The van der Waals surface area contributed by atoms with E-state index < -0.39 is 0 Å². The lowest BCUT2D eigenvalue weighted by atomic mass is 9.76. The summed E-state index contributed by atoms with van der Waals surface area (Å²) in [5.74, 6) is 1.18. The predicted molar refractivity (Wildman–Crippen MR) is 61.9 cm³/mol. The van der Waals surface area contributed by atoms with Crippen LogP contribution >= 0.6 is 0 Å². The number of carbonyl (C=O) groups is 1. The number of hydrogen-bond acceptors (Lipinski definition) is 1. The molecule has 1 aliphatic rings. The molecule has 0 aliphatic heterocycles. The molecule has 1 aromatic carbocycles. The van der Waals surface area contributed by atoms with E-state index in [-0.39, 0.29) is 5.92 Å². The van der Waals surface area contributed by atoms with Gasteiger partial charge < -0.3 is 0 Å². The van der Waals surface area contributed by atoms with Crippen molar-refractivity contribution in [2.45, 2.75) is 32.6 Å². The van der Waals surface area contributed by atoms with Gasteiger partial charge in [0.25, 0.3) is 0 Å². The molecular formula is C14H18O. The van der Waals surface area contributed by atoms with Crippen molar-refractivity contribution in [2.75, 3.05) is 0 Å². The van der Waals surface area contributed by atoms with Crippen molar-refractivity contribution >= 4 is 5.78 Å². The Morgan fingerprint density at radius 1 is 1.13 bits per heavy atom. The molecule has 1 aromatic rings. The van der Waals surface area contributed by atoms with Crippen LogP contribution in [0.4, 0.5) is 0 Å². The first-order valence-corrected chi connectivity index (χ1v) is 5.88. The minimum Gasteiger partial charge on any atom is -0.294 e. The summed E-state index contributed by atoms with van der Waals surface area (Å²) in [5.41, 5.74) is 0.885. The standard InChI is InChI=1S/C14H18O/c1-11-7-5-6-10-13(11)14(15)12-8-3-2-4-9-12/h2-4,8-9,11,13H,5-7,10H2,1H3. The van der Waals surface area contributed by atoms with E-state index in [2.05, 4.69) is 6.92 Å². The van der Waals surface area contributed by atoms with E-state index in [0.717, 1.165) is 12.0 Å². The molecule has 0 radical (unpaired) electrons. The molecule has 0 aromatic heterocycles. The SMILES string of the molecule is CC1CCCCC1C(=O)c1ccccc1. The molecule has 2 rings (SSSR count). The van der Waals surface area contributed by atoms with E-state index in [1.807, 2.05) is 30.3 Å². The molecule has 1 fully saturated rings. The van der Waals surface area contributed by atoms with Crippen LogP contribution in [-0.2, 0) is 0 Å². The Morgan fingerprint density at radius 3 is 2.47 bits per heavy atom. The van der Waals surface area contributed by atoms with Crippen LogP contribution < -0.4 is 0 Å². The topological polar surface area (TPSA) is 17.1 Å². The maximum absolute atomic E-state index is 12.2. The third-order valence-electron chi connectivity index (χ3n) is 3.51. The fourth-order valence-electron chi connectivity index (χ4n) is 2.52. The highest BCUT2D eigenvalue weighted by atomic mass is 16.1. The van der Waals surface area contributed by atoms with Crippen molar-refractivity contribution in [3.63, 3.8) is 0 Å². The number of carbonyl (C=O) groups excluding carboxylic acids is 1. The predicted octanol–water partition coefficient (Wildman–Crippen LogP) is 3.70. The van der Waals surface area contributed by atoms with Crippen LogP contribution in [0.15, 0.2) is 30.3 Å². The maximum atomic E-state index is 12.2. The Bertz CT molecular complexity index is 328. The molecule has 2 unspecified atom stereocenters. The van der Waals surface area contributed by atoms with Gasteiger partial charge in [0.2, 0.25) is 0 Å². The van der Waals surface area contributed by atoms with Crippen LogP contribution in [0.3, 0.4) is 0 Å². The van der Waals surface area contributed by atoms with Crippen molar-refractivity contribution in [1.29, 1.82) is 0 Å². The molecule has 80 valence electrons. The summed E-state index contributed by atoms with van der Waals surface area (Å²) in [5, 5.41) is 0. The first kappa shape index (κ1) is 10.4. The quantitative estimate of drug-likeness (QED) is 0.668. The molecule has 0 amide bonds. The monoisotopic (exact) mass is 202 g/mol. The molecule has 0 N–H and O–H groups in total. The number of ketones is 1. The van der Waals surface area contributed by atoms with Gasteiger partial charge in [-0.05, 0) is 12.3 Å². The first-order chi connectivity index (χ1) is 7.29. The Balaban J connectivity index is 2.13. The number of Topliss-reactive ketones (excluding diaryl/α,β-unsaturated/α-hetero) is 1. The minimum atomic E-state index is 0.265. The highest BCUT2D eigenvalue weighted by molar-refractivity contribution is 5.98. The summed E-state index contributed by atoms with van der Waals surface area (Å²) in [6, 6.07) is 9.72. The highest BCUT2D eigenvalue weighted by Gasteiger charge is 2.27. The number of benzene rings is 1. The smallest absolute Gasteiger partial charge is 0.166 e. The minimum absolute atomic E-state index is 0.265. The zero-order valence-corrected chi connectivity index (χ0v) is 9.28. The lowest BCUT2D eigenvalue weighted by molar-refractivity contribution is 0.0837. The van der Waals surface area contributed by atoms with Gasteiger partial charge in [-0.1, -0.05) is 56.5 Å². The highest BCUT2D eigenvalue weighted by Crippen LogP contribution is 2.31. The Morgan fingerprint density at radius 2 is 1.80 bits per heavy atom. The van der Waals surface area contributed by atoms with E-state index in [0.29, 0.717) is 11.7 Å². The normalized spacial score (nSPS) is 26.2. The van der Waals surface area contributed by atoms with Crippen LogP contribution in [-0.4, -0.2) is 5.78 Å². The summed E-state index contributed by atoms with van der Waals surface area (Å²) in [7, 11) is 0. The van der Waals surface area contributed by atoms with Crippen molar-refractivity contribution < 1.29 is 4.79 Å². The van der Waals surface area contributed by atoms with Crippen molar-refractivity contribution in [2.24, 2.45) is 11.8 Å². The Labute approximate surface area is 91.5 Å². The van der Waals surface area contributed by atoms with Crippen molar-refractivity contribution in [3.8, 4) is 0 Å². The third kappa shape index (κ3) is 2.28. The van der Waals surface area contributed by atoms with E-state index in [1.54, 1.807) is 0 Å². The van der Waals surface area contributed by atoms with Gasteiger partial charge in [-0.2, -0.15) is 0 Å². The van der Waals surface area contributed by atoms with Crippen LogP contribution in [0, 0.1) is 11.8 Å². The zero-order chi connectivity index (χ0) is 10.7. The lowest BCUT2D eigenvalue weighted by Gasteiger charge is -2.27. The van der Waals surface area contributed by atoms with E-state index >= 15 is 0 Å². The fraction of sp³-hybridized carbons (Fsp3) is 0.500. The van der Waals surface area contributed by atoms with Gasteiger partial charge in [-0.3, -0.25) is 4.79 Å². The molecule has 0 bridgehead atoms. The molecule has 1 heteroatoms. The maximum Gasteiger partial charge on any atom is 0.166 e. The average molecular weight is 202 g/mol. The van der Waals surface area contributed by atoms with Crippen LogP contribution in [0.5, 0.6) is 0 Å². The van der Waals surface area contributed by atoms with Gasteiger partial charge in [-0.25, -0.2) is 0 Å². The van der Waals surface area contributed by atoms with Gasteiger partial charge in [0, 0.05) is 11.5 Å². The van der Waals surface area contributed by atoms with Gasteiger partial charge >= 0.3 is 0 Å². The summed E-state index contributed by atoms with van der Waals surface area (Å²) < 4.78 is 0. The molecule has 0 spiro atoms. The first-order valence-electron chi connectivity index (χ1n) is 5.88. The zero-order valence-electron chi connectivity index (χ0n) is 9.28. The molecule has 0 saturated heterocycles. The lowest BCUT2D eigenvalue weighted by Crippen LogP contribution is -2.25. The van der Waals surface area contributed by atoms with Crippen LogP contribution in [0.1, 0.15) is 43.0 Å². The summed E-state index contributed by atoms with van der Waals surface area (Å²) in [6.07, 6.45) is 4.80. The van der Waals surface area contributed by atoms with E-state index in [4.69, 9.17) is 0 Å². The second-order valence-corrected chi connectivity index (χ2v) is 4.60. The molecular weight excluding hydrogens is 184 g/mol. The molecule has 1 saturated carbocycles. The van der Waals surface area contributed by atoms with Crippen LogP contribution in [0.25, 0.3) is 0 Å². The summed E-state index contributed by atoms with van der Waals surface area (Å²) in [6.45, 7) is 2.21. The van der Waals surface area contributed by atoms with Gasteiger partial charge in [0.1, 0.15) is 0 Å². The van der Waals surface area contributed by atoms with Crippen molar-refractivity contribution in [1.82, 2.24) is 0 Å². The number of rotatable bonds is 2. The second-order valence-electron chi connectivity index (χ2n) is 4.60. The molecule has 1 aliphatic carbocycles. The molecule has 15 heavy (non-hydrogen) atoms. The van der Waals surface area contributed by atoms with Gasteiger partial charge in [0.15, 0.2) is 5.78 Å². The molecule has 0 heterocycles. The fourth-order valence-corrected chi connectivity index (χ4v) is 2.52. The van der Waals surface area contributed by atoms with Gasteiger partial charge in [0.05, 0.1) is 0 Å². The molecule has 1 nitrogen and oxygen atoms in total. The van der Waals surface area contributed by atoms with Gasteiger partial charge in [-0.15, -0.1) is 0 Å². The number of hydrogen-bond donors (Lipinski definition) is 0. The second kappa shape index (κ2) is 4.61. The van der Waals surface area contributed by atoms with Crippen molar-refractivity contribution in [3.05, 3.63) is 35.9 Å².